The zero-order chi connectivity index (χ0) is 30.1. The largest absolute Gasteiger partial charge is 0.480 e. The third-order valence-electron chi connectivity index (χ3n) is 6.04. The van der Waals surface area contributed by atoms with Crippen LogP contribution in [0.4, 0.5) is 0 Å². The Labute approximate surface area is 232 Å². The molecule has 0 bridgehead atoms. The van der Waals surface area contributed by atoms with Crippen molar-refractivity contribution >= 4 is 23.9 Å². The summed E-state index contributed by atoms with van der Waals surface area (Å²) in [6.07, 6.45) is 0.842. The van der Waals surface area contributed by atoms with Crippen LogP contribution in [0.2, 0.25) is 0 Å². The van der Waals surface area contributed by atoms with E-state index in [1.807, 2.05) is 55.4 Å². The van der Waals surface area contributed by atoms with Crippen molar-refractivity contribution in [2.75, 3.05) is 0 Å². The minimum Gasteiger partial charge on any atom is -0.480 e. The molecule has 1 aromatic carbocycles. The highest BCUT2D eigenvalue weighted by molar-refractivity contribution is 5.78. The molecular formula is C30H47NO8. The first kappa shape index (κ1) is 34.1. The standard InChI is InChI=1S/C30H47NO8/c1-10-18(2)13-24(32)37-19(3)14-21(27(31)28(35)36)20-11-12-22(38-25(33)16-29(4,5)6)23(15-20)39-26(34)17-30(7,8)9/h11-12,15,18-19,21,27H,10,13-14,16-17,31H2,1-9H3,(H,35,36)/t18?,19?,21?,27-/m0/s1. The maximum atomic E-state index is 12.7. The lowest BCUT2D eigenvalue weighted by Crippen LogP contribution is -2.38. The molecule has 1 rings (SSSR count). The first-order valence-corrected chi connectivity index (χ1v) is 13.5. The van der Waals surface area contributed by atoms with Gasteiger partial charge in [0.1, 0.15) is 6.04 Å². The molecular weight excluding hydrogens is 502 g/mol. The summed E-state index contributed by atoms with van der Waals surface area (Å²) in [4.78, 5) is 49.4. The van der Waals surface area contributed by atoms with E-state index in [-0.39, 0.29) is 59.9 Å². The Bertz CT molecular complexity index is 1010. The molecule has 0 aliphatic carbocycles. The first-order valence-electron chi connectivity index (χ1n) is 13.5. The van der Waals surface area contributed by atoms with Gasteiger partial charge in [0, 0.05) is 12.3 Å². The van der Waals surface area contributed by atoms with Crippen molar-refractivity contribution in [3.63, 3.8) is 0 Å². The van der Waals surface area contributed by atoms with Crippen LogP contribution in [0.5, 0.6) is 11.5 Å². The fraction of sp³-hybridized carbons (Fsp3) is 0.667. The molecule has 0 aliphatic heterocycles. The number of ether oxygens (including phenoxy) is 3. The third kappa shape index (κ3) is 13.1. The van der Waals surface area contributed by atoms with Crippen LogP contribution in [-0.2, 0) is 23.9 Å². The quantitative estimate of drug-likeness (QED) is 0.237. The van der Waals surface area contributed by atoms with Gasteiger partial charge in [-0.1, -0.05) is 67.9 Å². The highest BCUT2D eigenvalue weighted by atomic mass is 16.6. The van der Waals surface area contributed by atoms with Gasteiger partial charge in [-0.3, -0.25) is 19.2 Å². The van der Waals surface area contributed by atoms with Crippen molar-refractivity contribution < 1.29 is 38.5 Å². The van der Waals surface area contributed by atoms with Gasteiger partial charge in [0.05, 0.1) is 18.9 Å². The monoisotopic (exact) mass is 549 g/mol. The van der Waals surface area contributed by atoms with Crippen LogP contribution in [0.25, 0.3) is 0 Å². The number of hydrogen-bond donors (Lipinski definition) is 2. The van der Waals surface area contributed by atoms with E-state index in [0.29, 0.717) is 5.56 Å². The maximum Gasteiger partial charge on any atom is 0.321 e. The van der Waals surface area contributed by atoms with Crippen molar-refractivity contribution in [3.05, 3.63) is 23.8 Å². The van der Waals surface area contributed by atoms with Gasteiger partial charge in [-0.15, -0.1) is 0 Å². The van der Waals surface area contributed by atoms with Crippen molar-refractivity contribution in [2.24, 2.45) is 22.5 Å². The number of carboxylic acid groups (broad SMARTS) is 1. The zero-order valence-corrected chi connectivity index (χ0v) is 25.0. The van der Waals surface area contributed by atoms with Crippen LogP contribution in [-0.4, -0.2) is 41.1 Å². The molecule has 9 heteroatoms. The molecule has 9 nitrogen and oxygen atoms in total. The predicted molar refractivity (Wildman–Crippen MR) is 148 cm³/mol. The molecule has 0 saturated carbocycles. The van der Waals surface area contributed by atoms with Crippen LogP contribution < -0.4 is 15.2 Å². The van der Waals surface area contributed by atoms with Crippen molar-refractivity contribution in [1.29, 1.82) is 0 Å². The summed E-state index contributed by atoms with van der Waals surface area (Å²) in [5.41, 5.74) is 5.85. The predicted octanol–water partition coefficient (Wildman–Crippen LogP) is 5.62. The second kappa shape index (κ2) is 14.4. The Balaban J connectivity index is 3.36. The molecule has 0 aromatic heterocycles. The molecule has 1 aromatic rings. The van der Waals surface area contributed by atoms with Crippen LogP contribution in [0.1, 0.15) is 106 Å². The second-order valence-corrected chi connectivity index (χ2v) is 12.9. The van der Waals surface area contributed by atoms with Crippen LogP contribution in [0.15, 0.2) is 18.2 Å². The highest BCUT2D eigenvalue weighted by Crippen LogP contribution is 2.36. The van der Waals surface area contributed by atoms with Gasteiger partial charge in [0.2, 0.25) is 0 Å². The maximum absolute atomic E-state index is 12.7. The molecule has 0 radical (unpaired) electrons. The third-order valence-corrected chi connectivity index (χ3v) is 6.04. The number of hydrogen-bond acceptors (Lipinski definition) is 8. The van der Waals surface area contributed by atoms with E-state index in [0.717, 1.165) is 6.42 Å². The second-order valence-electron chi connectivity index (χ2n) is 12.9. The normalized spacial score (nSPS) is 15.0. The fourth-order valence-corrected chi connectivity index (χ4v) is 3.87. The molecule has 4 atom stereocenters. The number of carboxylic acids is 1. The molecule has 0 amide bonds. The zero-order valence-electron chi connectivity index (χ0n) is 25.0. The van der Waals surface area contributed by atoms with E-state index in [2.05, 4.69) is 0 Å². The average molecular weight is 550 g/mol. The summed E-state index contributed by atoms with van der Waals surface area (Å²) in [6.45, 7) is 17.0. The van der Waals surface area contributed by atoms with Crippen LogP contribution in [0.3, 0.4) is 0 Å². The minimum atomic E-state index is -1.33. The molecule has 220 valence electrons. The molecule has 0 saturated heterocycles. The summed E-state index contributed by atoms with van der Waals surface area (Å²) in [7, 11) is 0. The summed E-state index contributed by atoms with van der Waals surface area (Å²) < 4.78 is 16.7. The van der Waals surface area contributed by atoms with Gasteiger partial charge in [-0.2, -0.15) is 0 Å². The van der Waals surface area contributed by atoms with E-state index < -0.39 is 36.0 Å². The topological polar surface area (TPSA) is 142 Å². The molecule has 3 unspecified atom stereocenters. The molecule has 0 heterocycles. The number of nitrogens with two attached hydrogens (primary N) is 1. The average Bonchev–Trinajstić information content (AvgIpc) is 2.75. The minimum absolute atomic E-state index is 0.00647. The number of rotatable bonds is 13. The van der Waals surface area contributed by atoms with E-state index in [9.17, 15) is 24.3 Å². The van der Waals surface area contributed by atoms with Gasteiger partial charge in [0.15, 0.2) is 11.5 Å². The molecule has 39 heavy (non-hydrogen) atoms. The van der Waals surface area contributed by atoms with Gasteiger partial charge < -0.3 is 25.1 Å². The number of aliphatic carboxylic acids is 1. The Kier molecular flexibility index (Phi) is 12.6. The Morgan fingerprint density at radius 1 is 0.872 bits per heavy atom. The van der Waals surface area contributed by atoms with Crippen molar-refractivity contribution in [2.45, 2.75) is 112 Å². The lowest BCUT2D eigenvalue weighted by atomic mass is 9.87. The van der Waals surface area contributed by atoms with E-state index in [4.69, 9.17) is 19.9 Å². The van der Waals surface area contributed by atoms with Gasteiger partial charge in [-0.25, -0.2) is 0 Å². The van der Waals surface area contributed by atoms with Gasteiger partial charge >= 0.3 is 23.9 Å². The van der Waals surface area contributed by atoms with Crippen molar-refractivity contribution in [1.82, 2.24) is 0 Å². The number of carbonyl (C=O) groups is 4. The van der Waals surface area contributed by atoms with E-state index in [1.54, 1.807) is 13.0 Å². The number of esters is 3. The Hall–Kier alpha value is -2.94. The highest BCUT2D eigenvalue weighted by Gasteiger charge is 2.31. The van der Waals surface area contributed by atoms with Crippen LogP contribution >= 0.6 is 0 Å². The molecule has 0 spiro atoms. The lowest BCUT2D eigenvalue weighted by Gasteiger charge is -2.26. The van der Waals surface area contributed by atoms with Gasteiger partial charge in [-0.05, 0) is 47.8 Å². The van der Waals surface area contributed by atoms with E-state index in [1.165, 1.54) is 12.1 Å². The fourth-order valence-electron chi connectivity index (χ4n) is 3.87. The van der Waals surface area contributed by atoms with Gasteiger partial charge in [0.25, 0.3) is 0 Å². The first-order chi connectivity index (χ1) is 17.8. The van der Waals surface area contributed by atoms with E-state index >= 15 is 0 Å². The summed E-state index contributed by atoms with van der Waals surface area (Å²) >= 11 is 0. The Morgan fingerprint density at radius 2 is 1.38 bits per heavy atom. The number of benzene rings is 1. The Morgan fingerprint density at radius 3 is 1.85 bits per heavy atom. The van der Waals surface area contributed by atoms with Crippen molar-refractivity contribution in [3.8, 4) is 11.5 Å². The molecule has 0 aliphatic rings. The SMILES string of the molecule is CCC(C)CC(=O)OC(C)CC(c1ccc(OC(=O)CC(C)(C)C)c(OC(=O)CC(C)(C)C)c1)[C@H](N)C(=O)O. The molecule has 0 fully saturated rings. The van der Waals surface area contributed by atoms with Crippen LogP contribution in [0, 0.1) is 16.7 Å². The smallest absolute Gasteiger partial charge is 0.321 e. The molecule has 3 N–H and O–H groups in total. The summed E-state index contributed by atoms with van der Waals surface area (Å²) in [5, 5.41) is 9.70. The lowest BCUT2D eigenvalue weighted by molar-refractivity contribution is -0.150. The number of carbonyl (C=O) groups excluding carboxylic acids is 3. The summed E-state index contributed by atoms with van der Waals surface area (Å²) in [5.74, 6) is -3.20. The summed E-state index contributed by atoms with van der Waals surface area (Å²) in [6, 6.07) is 3.20.